The molecule has 0 radical (unpaired) electrons. The van der Waals surface area contributed by atoms with Crippen LogP contribution in [-0.2, 0) is 0 Å². The van der Waals surface area contributed by atoms with Crippen LogP contribution in [0.1, 0.15) is 0 Å². The summed E-state index contributed by atoms with van der Waals surface area (Å²) >= 11 is 24.3. The van der Waals surface area contributed by atoms with Gasteiger partial charge in [0, 0.05) is 10.6 Å². The van der Waals surface area contributed by atoms with Gasteiger partial charge in [0.15, 0.2) is 5.82 Å². The maximum Gasteiger partial charge on any atom is 0.323 e. The van der Waals surface area contributed by atoms with Crippen LogP contribution in [0.3, 0.4) is 0 Å². The number of carbonyl (C=O) groups excluding carboxylic acids is 1. The molecule has 0 atom stereocenters. The van der Waals surface area contributed by atoms with Crippen LogP contribution >= 0.6 is 46.4 Å². The Morgan fingerprint density at radius 2 is 1.64 bits per heavy atom. The largest absolute Gasteiger partial charge is 0.323 e. The normalized spacial score (nSPS) is 10.6. The molecule has 0 bridgehead atoms. The highest BCUT2D eigenvalue weighted by molar-refractivity contribution is 6.40. The van der Waals surface area contributed by atoms with E-state index in [2.05, 4.69) is 31.3 Å². The smallest absolute Gasteiger partial charge is 0.306 e. The van der Waals surface area contributed by atoms with Crippen molar-refractivity contribution in [3.05, 3.63) is 50.4 Å². The van der Waals surface area contributed by atoms with Crippen LogP contribution in [0.4, 0.5) is 16.2 Å². The summed E-state index contributed by atoms with van der Waals surface area (Å²) in [7, 11) is 0. The molecule has 0 aliphatic rings. The van der Waals surface area contributed by atoms with Crippen molar-refractivity contribution in [2.75, 3.05) is 10.6 Å². The molecule has 0 unspecified atom stereocenters. The molecule has 0 aliphatic carbocycles. The lowest BCUT2D eigenvalue weighted by Crippen LogP contribution is -2.20. The molecule has 7 nitrogen and oxygen atoms in total. The molecule has 0 fully saturated rings. The number of anilines is 2. The van der Waals surface area contributed by atoms with E-state index in [1.54, 1.807) is 24.3 Å². The summed E-state index contributed by atoms with van der Waals surface area (Å²) in [5.41, 5.74) is 0.962. The molecule has 3 rings (SSSR count). The van der Waals surface area contributed by atoms with Gasteiger partial charge in [0.05, 0.1) is 26.4 Å². The number of aromatic nitrogens is 4. The molecule has 2 aromatic carbocycles. The zero-order chi connectivity index (χ0) is 18.0. The molecule has 11 heteroatoms. The highest BCUT2D eigenvalue weighted by Crippen LogP contribution is 2.36. The Hall–Kier alpha value is -2.06. The second-order valence-electron chi connectivity index (χ2n) is 4.74. The number of hydrogen-bond donors (Lipinski definition) is 3. The standard InChI is InChI=1S/C14H8Cl4N6O/c15-6-4-7(13-21-23-24-22-13)11(10(18)5-6)19-14(25)20-12-8(16)2-1-3-9(12)17/h1-5H,(H2,19,20,25)(H,21,22,23,24). The zero-order valence-corrected chi connectivity index (χ0v) is 15.2. The number of carbonyl (C=O) groups is 1. The van der Waals surface area contributed by atoms with E-state index < -0.39 is 6.03 Å². The minimum absolute atomic E-state index is 0.208. The van der Waals surface area contributed by atoms with Gasteiger partial charge in [-0.15, -0.1) is 5.10 Å². The van der Waals surface area contributed by atoms with E-state index in [1.165, 1.54) is 6.07 Å². The number of halogens is 4. The first-order valence-corrected chi connectivity index (χ1v) is 8.22. The number of benzene rings is 2. The summed E-state index contributed by atoms with van der Waals surface area (Å²) in [6, 6.07) is 7.31. The number of aromatic amines is 1. The third kappa shape index (κ3) is 3.96. The Morgan fingerprint density at radius 3 is 2.28 bits per heavy atom. The average molecular weight is 418 g/mol. The minimum Gasteiger partial charge on any atom is -0.306 e. The van der Waals surface area contributed by atoms with Crippen molar-refractivity contribution in [3.8, 4) is 11.4 Å². The van der Waals surface area contributed by atoms with E-state index in [0.717, 1.165) is 0 Å². The average Bonchev–Trinajstić information content (AvgIpc) is 3.08. The predicted molar refractivity (Wildman–Crippen MR) is 98.7 cm³/mol. The number of rotatable bonds is 3. The van der Waals surface area contributed by atoms with E-state index in [9.17, 15) is 4.79 Å². The molecule has 1 aromatic heterocycles. The number of H-pyrrole nitrogens is 1. The van der Waals surface area contributed by atoms with Crippen molar-refractivity contribution < 1.29 is 4.79 Å². The lowest BCUT2D eigenvalue weighted by atomic mass is 10.1. The van der Waals surface area contributed by atoms with Gasteiger partial charge in [-0.3, -0.25) is 0 Å². The van der Waals surface area contributed by atoms with Crippen LogP contribution in [0, 0.1) is 0 Å². The first kappa shape index (κ1) is 17.8. The number of nitrogens with zero attached hydrogens (tertiary/aromatic N) is 3. The molecule has 3 N–H and O–H groups in total. The lowest BCUT2D eigenvalue weighted by molar-refractivity contribution is 0.262. The van der Waals surface area contributed by atoms with Gasteiger partial charge in [-0.05, 0) is 34.7 Å². The van der Waals surface area contributed by atoms with E-state index in [-0.39, 0.29) is 22.2 Å². The fraction of sp³-hybridized carbons (Fsp3) is 0. The molecule has 0 aliphatic heterocycles. The Labute approximate surface area is 161 Å². The van der Waals surface area contributed by atoms with E-state index >= 15 is 0 Å². The quantitative estimate of drug-likeness (QED) is 0.550. The van der Waals surface area contributed by atoms with Crippen LogP contribution in [-0.4, -0.2) is 26.7 Å². The van der Waals surface area contributed by atoms with Gasteiger partial charge in [0.1, 0.15) is 0 Å². The van der Waals surface area contributed by atoms with Gasteiger partial charge in [0.25, 0.3) is 0 Å². The lowest BCUT2D eigenvalue weighted by Gasteiger charge is -2.14. The van der Waals surface area contributed by atoms with Crippen LogP contribution in [0.15, 0.2) is 30.3 Å². The van der Waals surface area contributed by atoms with Crippen molar-refractivity contribution in [2.45, 2.75) is 0 Å². The van der Waals surface area contributed by atoms with E-state index in [1.807, 2.05) is 0 Å². The van der Waals surface area contributed by atoms with Crippen LogP contribution in [0.2, 0.25) is 20.1 Å². The number of amides is 2. The first-order valence-electron chi connectivity index (χ1n) is 6.71. The minimum atomic E-state index is -0.604. The first-order chi connectivity index (χ1) is 12.0. The molecule has 2 amide bonds. The molecule has 25 heavy (non-hydrogen) atoms. The predicted octanol–water partition coefficient (Wildman–Crippen LogP) is 5.12. The SMILES string of the molecule is O=C(Nc1c(Cl)cccc1Cl)Nc1c(Cl)cc(Cl)cc1-c1nnn[nH]1. The van der Waals surface area contributed by atoms with Crippen molar-refractivity contribution in [1.29, 1.82) is 0 Å². The highest BCUT2D eigenvalue weighted by atomic mass is 35.5. The van der Waals surface area contributed by atoms with Crippen LogP contribution in [0.5, 0.6) is 0 Å². The molecule has 128 valence electrons. The Balaban J connectivity index is 1.91. The molecule has 0 spiro atoms. The van der Waals surface area contributed by atoms with E-state index in [0.29, 0.717) is 20.6 Å². The van der Waals surface area contributed by atoms with Gasteiger partial charge < -0.3 is 10.6 Å². The molecule has 1 heterocycles. The highest BCUT2D eigenvalue weighted by Gasteiger charge is 2.17. The summed E-state index contributed by atoms with van der Waals surface area (Å²) in [5.74, 6) is 0.287. The second kappa shape index (κ2) is 7.45. The van der Waals surface area contributed by atoms with Gasteiger partial charge in [-0.25, -0.2) is 9.89 Å². The summed E-state index contributed by atoms with van der Waals surface area (Å²) in [6.07, 6.45) is 0. The fourth-order valence-electron chi connectivity index (χ4n) is 2.04. The number of para-hydroxylation sites is 1. The molecular formula is C14H8Cl4N6O. The van der Waals surface area contributed by atoms with Gasteiger partial charge in [-0.1, -0.05) is 52.5 Å². The van der Waals surface area contributed by atoms with Gasteiger partial charge in [-0.2, -0.15) is 0 Å². The maximum absolute atomic E-state index is 12.4. The van der Waals surface area contributed by atoms with Crippen molar-refractivity contribution in [1.82, 2.24) is 20.6 Å². The molecular weight excluding hydrogens is 410 g/mol. The van der Waals surface area contributed by atoms with Gasteiger partial charge >= 0.3 is 6.03 Å². The number of hydrogen-bond acceptors (Lipinski definition) is 4. The van der Waals surface area contributed by atoms with Crippen molar-refractivity contribution in [3.63, 3.8) is 0 Å². The number of urea groups is 1. The number of nitrogens with one attached hydrogen (secondary N) is 3. The van der Waals surface area contributed by atoms with Crippen LogP contribution < -0.4 is 10.6 Å². The van der Waals surface area contributed by atoms with Crippen molar-refractivity contribution >= 4 is 63.8 Å². The summed E-state index contributed by atoms with van der Waals surface area (Å²) in [4.78, 5) is 12.4. The van der Waals surface area contributed by atoms with Crippen LogP contribution in [0.25, 0.3) is 11.4 Å². The Kier molecular flexibility index (Phi) is 5.29. The summed E-state index contributed by atoms with van der Waals surface area (Å²) < 4.78 is 0. The Morgan fingerprint density at radius 1 is 0.960 bits per heavy atom. The fourth-order valence-corrected chi connectivity index (χ4v) is 3.07. The topological polar surface area (TPSA) is 95.6 Å². The molecule has 3 aromatic rings. The van der Waals surface area contributed by atoms with Gasteiger partial charge in [0.2, 0.25) is 0 Å². The molecule has 0 saturated carbocycles. The second-order valence-corrected chi connectivity index (χ2v) is 6.39. The number of tetrazole rings is 1. The van der Waals surface area contributed by atoms with Crippen molar-refractivity contribution in [2.24, 2.45) is 0 Å². The summed E-state index contributed by atoms with van der Waals surface area (Å²) in [6.45, 7) is 0. The molecule has 0 saturated heterocycles. The summed E-state index contributed by atoms with van der Waals surface area (Å²) in [5, 5.41) is 19.7. The maximum atomic E-state index is 12.4. The zero-order valence-electron chi connectivity index (χ0n) is 12.1. The monoisotopic (exact) mass is 416 g/mol. The third-order valence-electron chi connectivity index (χ3n) is 3.10. The van der Waals surface area contributed by atoms with E-state index in [4.69, 9.17) is 46.4 Å². The Bertz CT molecular complexity index is 911. The third-order valence-corrected chi connectivity index (χ3v) is 4.24.